The molecule has 1 rings (SSSR count). The Labute approximate surface area is 88.9 Å². The maximum absolute atomic E-state index is 10.6. The second kappa shape index (κ2) is 4.22. The molecular formula is C13H26O. The van der Waals surface area contributed by atoms with Crippen molar-refractivity contribution < 1.29 is 5.11 Å². The van der Waals surface area contributed by atoms with Gasteiger partial charge in [-0.2, -0.15) is 0 Å². The van der Waals surface area contributed by atoms with Crippen molar-refractivity contribution in [1.82, 2.24) is 0 Å². The molecule has 1 heteroatoms. The highest BCUT2D eigenvalue weighted by Crippen LogP contribution is 2.42. The molecule has 1 nitrogen and oxygen atoms in total. The second-order valence-corrected chi connectivity index (χ2v) is 5.99. The van der Waals surface area contributed by atoms with E-state index in [1.54, 1.807) is 0 Å². The van der Waals surface area contributed by atoms with Crippen molar-refractivity contribution in [2.24, 2.45) is 11.3 Å². The highest BCUT2D eigenvalue weighted by Gasteiger charge is 2.40. The Balaban J connectivity index is 2.65. The maximum atomic E-state index is 10.6. The highest BCUT2D eigenvalue weighted by molar-refractivity contribution is 4.92. The average Bonchev–Trinajstić information content (AvgIpc) is 2.27. The lowest BCUT2D eigenvalue weighted by Gasteiger charge is -2.40. The van der Waals surface area contributed by atoms with Gasteiger partial charge < -0.3 is 5.11 Å². The predicted octanol–water partition coefficient (Wildman–Crippen LogP) is 3.75. The molecule has 1 N–H and O–H groups in total. The van der Waals surface area contributed by atoms with Crippen LogP contribution in [0.3, 0.4) is 0 Å². The summed E-state index contributed by atoms with van der Waals surface area (Å²) in [4.78, 5) is 0. The summed E-state index contributed by atoms with van der Waals surface area (Å²) in [5.74, 6) is 0.853. The standard InChI is InChI=1S/C13H26O/c1-5-11-7-6-9-13(14,10-8-11)12(2,3)4/h11,14H,5-10H2,1-4H3. The Bertz CT molecular complexity index is 180. The lowest BCUT2D eigenvalue weighted by atomic mass is 9.72. The van der Waals surface area contributed by atoms with Gasteiger partial charge in [-0.05, 0) is 30.6 Å². The molecule has 0 aromatic heterocycles. The van der Waals surface area contributed by atoms with Crippen LogP contribution >= 0.6 is 0 Å². The molecule has 0 aliphatic heterocycles. The Morgan fingerprint density at radius 1 is 1.21 bits per heavy atom. The summed E-state index contributed by atoms with van der Waals surface area (Å²) in [5.41, 5.74) is -0.382. The van der Waals surface area contributed by atoms with Crippen molar-refractivity contribution in [3.8, 4) is 0 Å². The quantitative estimate of drug-likeness (QED) is 0.636. The molecule has 0 aromatic carbocycles. The maximum Gasteiger partial charge on any atom is 0.0695 e. The molecule has 2 unspecified atom stereocenters. The molecule has 0 saturated heterocycles. The minimum Gasteiger partial charge on any atom is -0.389 e. The minimum atomic E-state index is -0.420. The zero-order valence-corrected chi connectivity index (χ0v) is 10.3. The fourth-order valence-electron chi connectivity index (χ4n) is 2.55. The second-order valence-electron chi connectivity index (χ2n) is 5.99. The van der Waals surface area contributed by atoms with E-state index in [9.17, 15) is 5.11 Å². The van der Waals surface area contributed by atoms with Crippen molar-refractivity contribution in [3.05, 3.63) is 0 Å². The zero-order valence-electron chi connectivity index (χ0n) is 10.3. The van der Waals surface area contributed by atoms with Gasteiger partial charge >= 0.3 is 0 Å². The van der Waals surface area contributed by atoms with Crippen LogP contribution in [0.25, 0.3) is 0 Å². The van der Waals surface area contributed by atoms with Crippen LogP contribution in [0.15, 0.2) is 0 Å². The summed E-state index contributed by atoms with van der Waals surface area (Å²) in [6, 6.07) is 0. The van der Waals surface area contributed by atoms with Gasteiger partial charge in [-0.15, -0.1) is 0 Å². The molecule has 1 aliphatic carbocycles. The van der Waals surface area contributed by atoms with E-state index >= 15 is 0 Å². The van der Waals surface area contributed by atoms with E-state index in [0.29, 0.717) is 0 Å². The summed E-state index contributed by atoms with van der Waals surface area (Å²) in [6.45, 7) is 8.77. The van der Waals surface area contributed by atoms with E-state index in [2.05, 4.69) is 27.7 Å². The van der Waals surface area contributed by atoms with Gasteiger partial charge in [0.25, 0.3) is 0 Å². The smallest absolute Gasteiger partial charge is 0.0695 e. The van der Waals surface area contributed by atoms with Crippen molar-refractivity contribution >= 4 is 0 Å². The Kier molecular flexibility index (Phi) is 3.63. The van der Waals surface area contributed by atoms with Gasteiger partial charge in [-0.3, -0.25) is 0 Å². The number of aliphatic hydroxyl groups is 1. The van der Waals surface area contributed by atoms with E-state index in [1.165, 1.54) is 25.7 Å². The summed E-state index contributed by atoms with van der Waals surface area (Å²) in [6.07, 6.45) is 6.99. The van der Waals surface area contributed by atoms with E-state index in [1.807, 2.05) is 0 Å². The molecule has 0 spiro atoms. The number of hydrogen-bond acceptors (Lipinski definition) is 1. The van der Waals surface area contributed by atoms with Gasteiger partial charge in [0.15, 0.2) is 0 Å². The van der Waals surface area contributed by atoms with Gasteiger partial charge in [-0.1, -0.05) is 47.0 Å². The normalized spacial score (nSPS) is 35.4. The van der Waals surface area contributed by atoms with Gasteiger partial charge in [0.05, 0.1) is 5.60 Å². The molecule has 1 aliphatic rings. The Morgan fingerprint density at radius 3 is 2.36 bits per heavy atom. The van der Waals surface area contributed by atoms with Crippen LogP contribution in [-0.2, 0) is 0 Å². The first-order chi connectivity index (χ1) is 6.39. The molecule has 0 bridgehead atoms. The first-order valence-corrected chi connectivity index (χ1v) is 6.11. The molecule has 0 aromatic rings. The molecule has 1 saturated carbocycles. The fourth-order valence-corrected chi connectivity index (χ4v) is 2.55. The van der Waals surface area contributed by atoms with Crippen molar-refractivity contribution in [1.29, 1.82) is 0 Å². The average molecular weight is 198 g/mol. The molecule has 84 valence electrons. The largest absolute Gasteiger partial charge is 0.389 e. The third-order valence-electron chi connectivity index (χ3n) is 4.14. The van der Waals surface area contributed by atoms with Crippen molar-refractivity contribution in [2.75, 3.05) is 0 Å². The first kappa shape index (κ1) is 12.0. The Hall–Kier alpha value is -0.0400. The molecule has 1 fully saturated rings. The molecule has 14 heavy (non-hydrogen) atoms. The van der Waals surface area contributed by atoms with Crippen molar-refractivity contribution in [3.63, 3.8) is 0 Å². The van der Waals surface area contributed by atoms with E-state index in [0.717, 1.165) is 18.8 Å². The SMILES string of the molecule is CCC1CCCC(O)(C(C)(C)C)CC1. The Morgan fingerprint density at radius 2 is 1.86 bits per heavy atom. The van der Waals surface area contributed by atoms with Crippen LogP contribution in [0.4, 0.5) is 0 Å². The van der Waals surface area contributed by atoms with Crippen LogP contribution in [0, 0.1) is 11.3 Å². The molecular weight excluding hydrogens is 172 g/mol. The third kappa shape index (κ3) is 2.50. The third-order valence-corrected chi connectivity index (χ3v) is 4.14. The molecule has 2 atom stereocenters. The molecule has 0 amide bonds. The van der Waals surface area contributed by atoms with Crippen LogP contribution in [0.5, 0.6) is 0 Å². The van der Waals surface area contributed by atoms with Gasteiger partial charge in [0.2, 0.25) is 0 Å². The van der Waals surface area contributed by atoms with E-state index in [-0.39, 0.29) is 5.41 Å². The van der Waals surface area contributed by atoms with Crippen LogP contribution in [-0.4, -0.2) is 10.7 Å². The predicted molar refractivity (Wildman–Crippen MR) is 61.3 cm³/mol. The number of rotatable bonds is 1. The lowest BCUT2D eigenvalue weighted by Crippen LogP contribution is -2.42. The summed E-state index contributed by atoms with van der Waals surface area (Å²) in [5, 5.41) is 10.6. The van der Waals surface area contributed by atoms with Crippen molar-refractivity contribution in [2.45, 2.75) is 71.8 Å². The van der Waals surface area contributed by atoms with Gasteiger partial charge in [0.1, 0.15) is 0 Å². The van der Waals surface area contributed by atoms with Gasteiger partial charge in [-0.25, -0.2) is 0 Å². The topological polar surface area (TPSA) is 20.2 Å². The van der Waals surface area contributed by atoms with E-state index in [4.69, 9.17) is 0 Å². The fraction of sp³-hybridized carbons (Fsp3) is 1.00. The molecule has 0 heterocycles. The monoisotopic (exact) mass is 198 g/mol. The van der Waals surface area contributed by atoms with Crippen LogP contribution in [0.2, 0.25) is 0 Å². The summed E-state index contributed by atoms with van der Waals surface area (Å²) >= 11 is 0. The van der Waals surface area contributed by atoms with Crippen LogP contribution < -0.4 is 0 Å². The zero-order chi connectivity index (χ0) is 10.8. The van der Waals surface area contributed by atoms with Crippen LogP contribution in [0.1, 0.15) is 66.2 Å². The molecule has 0 radical (unpaired) electrons. The van der Waals surface area contributed by atoms with E-state index < -0.39 is 5.60 Å². The highest BCUT2D eigenvalue weighted by atomic mass is 16.3. The minimum absolute atomic E-state index is 0.0373. The number of hydrogen-bond donors (Lipinski definition) is 1. The summed E-state index contributed by atoms with van der Waals surface area (Å²) < 4.78 is 0. The first-order valence-electron chi connectivity index (χ1n) is 6.11. The van der Waals surface area contributed by atoms with Gasteiger partial charge in [0, 0.05) is 0 Å². The lowest BCUT2D eigenvalue weighted by molar-refractivity contribution is -0.0700. The summed E-state index contributed by atoms with van der Waals surface area (Å²) in [7, 11) is 0.